The zero-order valence-electron chi connectivity index (χ0n) is 6.40. The van der Waals surface area contributed by atoms with Crippen LogP contribution < -0.4 is 35.1 Å². The van der Waals surface area contributed by atoms with Gasteiger partial charge in [-0.25, -0.2) is 23.6 Å². The minimum atomic E-state index is -4.94. The summed E-state index contributed by atoms with van der Waals surface area (Å²) in [4.78, 5) is 2.75. The van der Waals surface area contributed by atoms with E-state index in [2.05, 4.69) is 4.98 Å². The van der Waals surface area contributed by atoms with Crippen molar-refractivity contribution in [3.63, 3.8) is 0 Å². The number of halogens is 1. The highest BCUT2D eigenvalue weighted by Crippen LogP contribution is 2.02. The van der Waals surface area contributed by atoms with E-state index < -0.39 is 10.2 Å². The highest BCUT2D eigenvalue weighted by atomic mass is 35.7. The molecule has 13 heavy (non-hydrogen) atoms. The Hall–Kier alpha value is -1.12. The summed E-state index contributed by atoms with van der Waals surface area (Å²) in [5.74, 6) is 0.521. The molecule has 0 aliphatic rings. The number of anilines is 2. The van der Waals surface area contributed by atoms with Gasteiger partial charge in [-0.05, 0) is 12.1 Å². The van der Waals surface area contributed by atoms with Gasteiger partial charge in [0.1, 0.15) is 5.69 Å². The van der Waals surface area contributed by atoms with Crippen LogP contribution in [0.25, 0.3) is 0 Å². The largest absolute Gasteiger partial charge is 0.392 e. The normalized spacial score (nSPS) is 10.2. The van der Waals surface area contributed by atoms with Gasteiger partial charge in [-0.2, -0.15) is 0 Å². The first kappa shape index (κ1) is 11.9. The lowest BCUT2D eigenvalue weighted by Gasteiger charge is -2.17. The Morgan fingerprint density at radius 3 is 1.85 bits per heavy atom. The van der Waals surface area contributed by atoms with Crippen LogP contribution in [0.4, 0.5) is 11.5 Å². The van der Waals surface area contributed by atoms with Gasteiger partial charge in [0, 0.05) is 0 Å². The molecule has 1 aromatic heterocycles. The second-order valence-electron chi connectivity index (χ2n) is 1.92. The molecule has 0 aliphatic heterocycles. The highest BCUT2D eigenvalue weighted by Gasteiger charge is 1.93. The Labute approximate surface area is 76.0 Å². The molecule has 1 heterocycles. The molecule has 0 aliphatic carbocycles. The first-order valence-electron chi connectivity index (χ1n) is 2.94. The van der Waals surface area contributed by atoms with E-state index in [1.165, 1.54) is 0 Å². The molecule has 0 spiro atoms. The maximum Gasteiger partial charge on any atom is 0.293 e. The third-order valence-electron chi connectivity index (χ3n) is 0.922. The zero-order valence-corrected chi connectivity index (χ0v) is 7.15. The van der Waals surface area contributed by atoms with Crippen molar-refractivity contribution in [2.45, 2.75) is 0 Å². The minimum absolute atomic E-state index is 0.521. The Morgan fingerprint density at radius 2 is 1.62 bits per heavy atom. The molecule has 0 unspecified atom stereocenters. The van der Waals surface area contributed by atoms with Crippen molar-refractivity contribution in [3.05, 3.63) is 18.3 Å². The first-order chi connectivity index (χ1) is 5.80. The fourth-order valence-electron chi connectivity index (χ4n) is 0.463. The Morgan fingerprint density at radius 1 is 1.15 bits per heavy atom. The van der Waals surface area contributed by atoms with Crippen molar-refractivity contribution >= 4 is 11.5 Å². The van der Waals surface area contributed by atoms with E-state index in [1.807, 2.05) is 0 Å². The fraction of sp³-hybridized carbons (Fsp3) is 0. The number of nitrogens with one attached hydrogen (secondary N) is 1. The van der Waals surface area contributed by atoms with Crippen molar-refractivity contribution < 1.29 is 33.9 Å². The van der Waals surface area contributed by atoms with Gasteiger partial charge in [0.25, 0.3) is 5.82 Å². The van der Waals surface area contributed by atoms with Gasteiger partial charge in [0.15, 0.2) is 0 Å². The van der Waals surface area contributed by atoms with Crippen LogP contribution in [0.1, 0.15) is 0 Å². The summed E-state index contributed by atoms with van der Waals surface area (Å²) in [6.07, 6.45) is 1.73. The third kappa shape index (κ3) is 8.79. The van der Waals surface area contributed by atoms with Crippen LogP contribution in [-0.4, -0.2) is 0 Å². The van der Waals surface area contributed by atoms with E-state index in [9.17, 15) is 0 Å². The summed E-state index contributed by atoms with van der Waals surface area (Å²) in [5, 5.41) is 0. The predicted molar refractivity (Wildman–Crippen MR) is 31.8 cm³/mol. The minimum Gasteiger partial charge on any atom is -0.392 e. The summed E-state index contributed by atoms with van der Waals surface area (Å²) in [7, 11) is -4.94. The van der Waals surface area contributed by atoms with Gasteiger partial charge in [-0.15, -0.1) is 10.2 Å². The summed E-state index contributed by atoms with van der Waals surface area (Å²) in [6, 6.07) is 3.54. The highest BCUT2D eigenvalue weighted by molar-refractivity contribution is 5.52. The Balaban J connectivity index is 0.000000252. The van der Waals surface area contributed by atoms with Crippen molar-refractivity contribution in [1.82, 2.24) is 0 Å². The van der Waals surface area contributed by atoms with Crippen molar-refractivity contribution in [1.29, 1.82) is 0 Å². The van der Waals surface area contributed by atoms with Crippen molar-refractivity contribution in [3.8, 4) is 0 Å². The average Bonchev–Trinajstić information content (AvgIpc) is 1.92. The number of H-pyrrole nitrogens is 1. The fourth-order valence-corrected chi connectivity index (χ4v) is 0.463. The van der Waals surface area contributed by atoms with Crippen LogP contribution in [0.3, 0.4) is 0 Å². The topological polar surface area (TPSA) is 158 Å². The predicted octanol–water partition coefficient (Wildman–Crippen LogP) is -5.09. The molecule has 5 N–H and O–H groups in total. The molecule has 0 fully saturated rings. The number of pyridine rings is 1. The zero-order chi connectivity index (χ0) is 10.5. The quantitative estimate of drug-likeness (QED) is 0.435. The molecule has 8 heteroatoms. The molecule has 0 atom stereocenters. The molecule has 7 nitrogen and oxygen atoms in total. The second kappa shape index (κ2) is 4.80. The van der Waals surface area contributed by atoms with Crippen molar-refractivity contribution in [2.75, 3.05) is 11.5 Å². The van der Waals surface area contributed by atoms with Crippen LogP contribution in [0.15, 0.2) is 18.3 Å². The van der Waals surface area contributed by atoms with Gasteiger partial charge in [0.05, 0.1) is 6.20 Å². The monoisotopic (exact) mass is 209 g/mol. The van der Waals surface area contributed by atoms with Crippen LogP contribution >= 0.6 is 0 Å². The van der Waals surface area contributed by atoms with Crippen molar-refractivity contribution in [2.24, 2.45) is 0 Å². The lowest BCUT2D eigenvalue weighted by Crippen LogP contribution is -2.68. The molecule has 0 radical (unpaired) electrons. The van der Waals surface area contributed by atoms with E-state index in [1.54, 1.807) is 18.3 Å². The molecular formula is C5H8ClN3O4. The standard InChI is InChI=1S/C5H7N3.ClHO4/c6-4-2-1-3-8-5(4)7;2-1(3,4)5/h1-3H,6H2,(H2,7,8);(H,2,3,4,5). The van der Waals surface area contributed by atoms with Gasteiger partial charge in [-0.1, -0.05) is 0 Å². The number of nitrogen functional groups attached to an aromatic ring is 2. The Kier molecular flexibility index (Phi) is 4.38. The average molecular weight is 210 g/mol. The molecule has 74 valence electrons. The number of hydrogen-bond acceptors (Lipinski definition) is 6. The first-order valence-corrected chi connectivity index (χ1v) is 4.17. The van der Waals surface area contributed by atoms with E-state index in [-0.39, 0.29) is 0 Å². The van der Waals surface area contributed by atoms with E-state index in [0.29, 0.717) is 11.5 Å². The lowest BCUT2D eigenvalue weighted by molar-refractivity contribution is -2.00. The maximum atomic E-state index is 8.49. The molecule has 0 bridgehead atoms. The maximum absolute atomic E-state index is 8.49. The molecular weight excluding hydrogens is 202 g/mol. The smallest absolute Gasteiger partial charge is 0.293 e. The lowest BCUT2D eigenvalue weighted by atomic mass is 10.4. The van der Waals surface area contributed by atoms with E-state index in [0.717, 1.165) is 0 Å². The number of aromatic amines is 1. The van der Waals surface area contributed by atoms with Crippen LogP contribution in [0.5, 0.6) is 0 Å². The molecule has 0 amide bonds. The molecule has 0 saturated heterocycles. The number of nitrogens with two attached hydrogens (primary N) is 2. The van der Waals surface area contributed by atoms with Crippen LogP contribution in [0, 0.1) is 10.2 Å². The molecule has 0 aromatic carbocycles. The number of hydrogen-bond donors (Lipinski definition) is 2. The summed E-state index contributed by atoms with van der Waals surface area (Å²) < 4.78 is 34.0. The summed E-state index contributed by atoms with van der Waals surface area (Å²) in [6.45, 7) is 0. The second-order valence-corrected chi connectivity index (χ2v) is 2.67. The molecule has 1 aromatic rings. The van der Waals surface area contributed by atoms with Crippen LogP contribution in [0.2, 0.25) is 0 Å². The van der Waals surface area contributed by atoms with Gasteiger partial charge in [0.2, 0.25) is 0 Å². The summed E-state index contributed by atoms with van der Waals surface area (Å²) in [5.41, 5.74) is 11.3. The van der Waals surface area contributed by atoms with Gasteiger partial charge < -0.3 is 5.73 Å². The van der Waals surface area contributed by atoms with Gasteiger partial charge >= 0.3 is 0 Å². The Bertz CT molecular complexity index is 237. The van der Waals surface area contributed by atoms with E-state index >= 15 is 0 Å². The third-order valence-corrected chi connectivity index (χ3v) is 0.922. The number of aromatic nitrogens is 1. The van der Waals surface area contributed by atoms with Crippen LogP contribution in [-0.2, 0) is 0 Å². The van der Waals surface area contributed by atoms with E-state index in [4.69, 9.17) is 30.1 Å². The summed E-state index contributed by atoms with van der Waals surface area (Å²) >= 11 is 0. The SMILES string of the molecule is Nc1ccc[nH+]c1N.[O-][Cl+3]([O-])([O-])[O-]. The molecule has 0 saturated carbocycles. The number of rotatable bonds is 0. The van der Waals surface area contributed by atoms with Gasteiger partial charge in [-0.3, -0.25) is 5.73 Å². The molecule has 1 rings (SSSR count).